The molecule has 1 aliphatic heterocycles. The number of hydrogen-bond acceptors (Lipinski definition) is 4. The molecule has 1 fully saturated rings. The molecule has 1 N–H and O–H groups in total. The minimum absolute atomic E-state index is 0.0630. The van der Waals surface area contributed by atoms with Crippen LogP contribution in [0.1, 0.15) is 22.8 Å². The molecule has 2 aromatic rings. The minimum atomic E-state index is -0.255. The third-order valence-electron chi connectivity index (χ3n) is 4.48. The molecule has 0 aliphatic carbocycles. The Morgan fingerprint density at radius 3 is 2.54 bits per heavy atom. The SMILES string of the molecule is C/C=C/C=C/C(=O)Nc1sc(-c2ccccc2)c(C)c1C(=O)N1CCOCC1. The first-order chi connectivity index (χ1) is 13.6. The topological polar surface area (TPSA) is 58.6 Å². The van der Waals surface area contributed by atoms with Gasteiger partial charge in [-0.25, -0.2) is 0 Å². The van der Waals surface area contributed by atoms with Gasteiger partial charge in [0, 0.05) is 24.0 Å². The van der Waals surface area contributed by atoms with E-state index < -0.39 is 0 Å². The van der Waals surface area contributed by atoms with E-state index >= 15 is 0 Å². The molecule has 2 heterocycles. The number of benzene rings is 1. The van der Waals surface area contributed by atoms with Gasteiger partial charge >= 0.3 is 0 Å². The quantitative estimate of drug-likeness (QED) is 0.607. The Balaban J connectivity index is 1.98. The fraction of sp³-hybridized carbons (Fsp3) is 0.273. The summed E-state index contributed by atoms with van der Waals surface area (Å²) >= 11 is 1.44. The second-order valence-electron chi connectivity index (χ2n) is 6.41. The maximum absolute atomic E-state index is 13.2. The number of nitrogens with zero attached hydrogens (tertiary/aromatic N) is 1. The average molecular weight is 397 g/mol. The highest BCUT2D eigenvalue weighted by Gasteiger charge is 2.27. The normalized spacial score (nSPS) is 14.7. The van der Waals surface area contributed by atoms with Crippen molar-refractivity contribution < 1.29 is 14.3 Å². The van der Waals surface area contributed by atoms with E-state index in [9.17, 15) is 9.59 Å². The molecule has 1 saturated heterocycles. The highest BCUT2D eigenvalue weighted by Crippen LogP contribution is 2.40. The number of carbonyl (C=O) groups is 2. The Morgan fingerprint density at radius 2 is 1.86 bits per heavy atom. The van der Waals surface area contributed by atoms with Crippen LogP contribution in [-0.2, 0) is 9.53 Å². The number of allylic oxidation sites excluding steroid dienone is 3. The number of amides is 2. The zero-order valence-corrected chi connectivity index (χ0v) is 16.9. The first kappa shape index (κ1) is 20.0. The van der Waals surface area contributed by atoms with Crippen molar-refractivity contribution in [2.75, 3.05) is 31.6 Å². The standard InChI is InChI=1S/C22H24N2O3S/c1-3-4-6-11-18(25)23-21-19(22(26)24-12-14-27-15-13-24)16(2)20(28-21)17-9-7-5-8-10-17/h3-11H,12-15H2,1-2H3,(H,23,25)/b4-3+,11-6+. The third-order valence-corrected chi connectivity index (χ3v) is 5.74. The van der Waals surface area contributed by atoms with Crippen LogP contribution < -0.4 is 5.32 Å². The summed E-state index contributed by atoms with van der Waals surface area (Å²) in [5.74, 6) is -0.318. The van der Waals surface area contributed by atoms with Crippen LogP contribution in [0, 0.1) is 6.92 Å². The zero-order chi connectivity index (χ0) is 19.9. The monoisotopic (exact) mass is 396 g/mol. The lowest BCUT2D eigenvalue weighted by atomic mass is 10.1. The number of rotatable bonds is 5. The Hall–Kier alpha value is -2.70. The van der Waals surface area contributed by atoms with Crippen molar-refractivity contribution in [1.82, 2.24) is 4.90 Å². The molecule has 0 atom stereocenters. The molecule has 1 aromatic heterocycles. The molecular weight excluding hydrogens is 372 g/mol. The van der Waals surface area contributed by atoms with Crippen molar-refractivity contribution >= 4 is 28.2 Å². The van der Waals surface area contributed by atoms with Crippen molar-refractivity contribution in [3.05, 3.63) is 65.8 Å². The van der Waals surface area contributed by atoms with Crippen LogP contribution in [0.2, 0.25) is 0 Å². The van der Waals surface area contributed by atoms with E-state index in [0.717, 1.165) is 16.0 Å². The van der Waals surface area contributed by atoms with Crippen LogP contribution in [0.15, 0.2) is 54.6 Å². The van der Waals surface area contributed by atoms with Gasteiger partial charge in [-0.05, 0) is 25.0 Å². The first-order valence-corrected chi connectivity index (χ1v) is 10.1. The summed E-state index contributed by atoms with van der Waals surface area (Å²) in [6, 6.07) is 9.92. The fourth-order valence-corrected chi connectivity index (χ4v) is 4.26. The largest absolute Gasteiger partial charge is 0.378 e. The van der Waals surface area contributed by atoms with Gasteiger partial charge in [0.25, 0.3) is 5.91 Å². The number of anilines is 1. The minimum Gasteiger partial charge on any atom is -0.378 e. The zero-order valence-electron chi connectivity index (χ0n) is 16.1. The van der Waals surface area contributed by atoms with E-state index in [-0.39, 0.29) is 11.8 Å². The van der Waals surface area contributed by atoms with Gasteiger partial charge in [0.2, 0.25) is 5.91 Å². The van der Waals surface area contributed by atoms with Gasteiger partial charge in [-0.15, -0.1) is 11.3 Å². The maximum Gasteiger partial charge on any atom is 0.257 e. The van der Waals surface area contributed by atoms with Gasteiger partial charge in [0.05, 0.1) is 18.8 Å². The molecule has 5 nitrogen and oxygen atoms in total. The van der Waals surface area contributed by atoms with Gasteiger partial charge in [0.1, 0.15) is 5.00 Å². The van der Waals surface area contributed by atoms with Crippen molar-refractivity contribution in [3.8, 4) is 10.4 Å². The summed E-state index contributed by atoms with van der Waals surface area (Å²) in [5, 5.41) is 3.49. The highest BCUT2D eigenvalue weighted by atomic mass is 32.1. The summed E-state index contributed by atoms with van der Waals surface area (Å²) < 4.78 is 5.36. The van der Waals surface area contributed by atoms with Gasteiger partial charge in [-0.1, -0.05) is 48.6 Å². The lowest BCUT2D eigenvalue weighted by Crippen LogP contribution is -2.41. The second kappa shape index (κ2) is 9.48. The molecule has 6 heteroatoms. The molecule has 0 saturated carbocycles. The number of morpholine rings is 1. The molecule has 0 spiro atoms. The smallest absolute Gasteiger partial charge is 0.257 e. The van der Waals surface area contributed by atoms with Gasteiger partial charge in [-0.3, -0.25) is 9.59 Å². The van der Waals surface area contributed by atoms with Crippen molar-refractivity contribution in [2.24, 2.45) is 0 Å². The molecule has 0 radical (unpaired) electrons. The van der Waals surface area contributed by atoms with E-state index in [1.807, 2.05) is 50.3 Å². The van der Waals surface area contributed by atoms with Crippen LogP contribution in [0.5, 0.6) is 0 Å². The molecule has 2 amide bonds. The summed E-state index contributed by atoms with van der Waals surface area (Å²) in [6.45, 7) is 6.02. The summed E-state index contributed by atoms with van der Waals surface area (Å²) in [5.41, 5.74) is 2.49. The van der Waals surface area contributed by atoms with Crippen LogP contribution in [-0.4, -0.2) is 43.0 Å². The van der Waals surface area contributed by atoms with E-state index in [4.69, 9.17) is 4.74 Å². The Kier molecular flexibility index (Phi) is 6.79. The summed E-state index contributed by atoms with van der Waals surface area (Å²) in [6.07, 6.45) is 6.77. The number of hydrogen-bond donors (Lipinski definition) is 1. The fourth-order valence-electron chi connectivity index (χ4n) is 3.06. The summed E-state index contributed by atoms with van der Waals surface area (Å²) in [4.78, 5) is 28.3. The van der Waals surface area contributed by atoms with E-state index in [1.54, 1.807) is 17.1 Å². The molecule has 1 aliphatic rings. The second-order valence-corrected chi connectivity index (χ2v) is 7.43. The third kappa shape index (κ3) is 4.58. The highest BCUT2D eigenvalue weighted by molar-refractivity contribution is 7.20. The number of nitrogens with one attached hydrogen (secondary N) is 1. The Labute approximate surface area is 169 Å². The molecule has 1 aromatic carbocycles. The predicted octanol–water partition coefficient (Wildman–Crippen LogP) is 4.27. The lowest BCUT2D eigenvalue weighted by Gasteiger charge is -2.27. The first-order valence-electron chi connectivity index (χ1n) is 9.28. The molecular formula is C22H24N2O3S. The Morgan fingerprint density at radius 1 is 1.14 bits per heavy atom. The molecule has 146 valence electrons. The van der Waals surface area contributed by atoms with Crippen molar-refractivity contribution in [2.45, 2.75) is 13.8 Å². The van der Waals surface area contributed by atoms with E-state index in [0.29, 0.717) is 36.9 Å². The molecule has 0 bridgehead atoms. The van der Waals surface area contributed by atoms with Gasteiger partial charge in [0.15, 0.2) is 0 Å². The Bertz CT molecular complexity index is 894. The maximum atomic E-state index is 13.2. The molecule has 28 heavy (non-hydrogen) atoms. The van der Waals surface area contributed by atoms with Crippen molar-refractivity contribution in [3.63, 3.8) is 0 Å². The lowest BCUT2D eigenvalue weighted by molar-refractivity contribution is -0.111. The van der Waals surface area contributed by atoms with Crippen LogP contribution in [0.25, 0.3) is 10.4 Å². The average Bonchev–Trinajstić information content (AvgIpc) is 3.04. The summed E-state index contributed by atoms with van der Waals surface area (Å²) in [7, 11) is 0. The number of thiophene rings is 1. The van der Waals surface area contributed by atoms with Crippen LogP contribution >= 0.6 is 11.3 Å². The number of ether oxygens (including phenoxy) is 1. The molecule has 3 rings (SSSR count). The predicted molar refractivity (Wildman–Crippen MR) is 114 cm³/mol. The van der Waals surface area contributed by atoms with E-state index in [1.165, 1.54) is 17.4 Å². The number of carbonyl (C=O) groups excluding carboxylic acids is 2. The van der Waals surface area contributed by atoms with Crippen molar-refractivity contribution in [1.29, 1.82) is 0 Å². The molecule has 0 unspecified atom stereocenters. The van der Waals surface area contributed by atoms with Crippen LogP contribution in [0.4, 0.5) is 5.00 Å². The van der Waals surface area contributed by atoms with Gasteiger partial charge in [-0.2, -0.15) is 0 Å². The van der Waals surface area contributed by atoms with Gasteiger partial charge < -0.3 is 15.0 Å². The van der Waals surface area contributed by atoms with Crippen LogP contribution in [0.3, 0.4) is 0 Å². The van der Waals surface area contributed by atoms with E-state index in [2.05, 4.69) is 5.32 Å².